The largest absolute Gasteiger partial charge is 0.466 e. The Morgan fingerprint density at radius 1 is 1.78 bits per heavy atom. The van der Waals surface area contributed by atoms with E-state index in [2.05, 4.69) is 4.74 Å². The summed E-state index contributed by atoms with van der Waals surface area (Å²) < 4.78 is 4.32. The zero-order chi connectivity index (χ0) is 7.28. The van der Waals surface area contributed by atoms with Crippen LogP contribution in [0.15, 0.2) is 12.2 Å². The second-order valence-electron chi connectivity index (χ2n) is 1.74. The van der Waals surface area contributed by atoms with Crippen LogP contribution >= 0.6 is 0 Å². The number of rotatable bonds is 2. The number of carbonyl (C=O) groups is 1. The highest BCUT2D eigenvalue weighted by Gasteiger charge is 1.90. The maximum absolute atomic E-state index is 10.4. The molecule has 0 fully saturated rings. The summed E-state index contributed by atoms with van der Waals surface area (Å²) in [6.45, 7) is 1.78. The van der Waals surface area contributed by atoms with Gasteiger partial charge in [-0.1, -0.05) is 6.08 Å². The third-order valence-corrected chi connectivity index (χ3v) is 0.737. The molecule has 0 aliphatic carbocycles. The molecule has 3 nitrogen and oxygen atoms in total. The molecule has 52 valence electrons. The van der Waals surface area contributed by atoms with E-state index in [9.17, 15) is 4.79 Å². The molecule has 3 heteroatoms. The van der Waals surface area contributed by atoms with Crippen LogP contribution in [0.3, 0.4) is 0 Å². The van der Waals surface area contributed by atoms with Crippen LogP contribution in [0.2, 0.25) is 0 Å². The number of hydrogen-bond acceptors (Lipinski definition) is 3. The minimum absolute atomic E-state index is 0.0934. The van der Waals surface area contributed by atoms with Gasteiger partial charge in [0.25, 0.3) is 0 Å². The number of nitrogens with two attached hydrogens (primary N) is 1. The molecule has 0 unspecified atom stereocenters. The van der Waals surface area contributed by atoms with Crippen molar-refractivity contribution in [1.82, 2.24) is 0 Å². The number of methoxy groups -OCH3 is 1. The van der Waals surface area contributed by atoms with Gasteiger partial charge in [-0.15, -0.1) is 0 Å². The molecule has 0 aromatic carbocycles. The highest BCUT2D eigenvalue weighted by atomic mass is 16.5. The molecule has 0 bridgehead atoms. The van der Waals surface area contributed by atoms with Gasteiger partial charge in [-0.3, -0.25) is 0 Å². The van der Waals surface area contributed by atoms with Crippen molar-refractivity contribution in [2.75, 3.05) is 7.11 Å². The van der Waals surface area contributed by atoms with E-state index in [0.717, 1.165) is 0 Å². The monoisotopic (exact) mass is 129 g/mol. The SMILES string of the molecule is COC(=O)C=C[C@@H](C)N. The van der Waals surface area contributed by atoms with Crippen molar-refractivity contribution in [3.63, 3.8) is 0 Å². The number of hydrogen-bond donors (Lipinski definition) is 1. The van der Waals surface area contributed by atoms with E-state index in [1.54, 1.807) is 13.0 Å². The van der Waals surface area contributed by atoms with E-state index in [4.69, 9.17) is 5.73 Å². The lowest BCUT2D eigenvalue weighted by Gasteiger charge is -1.92. The molecule has 0 spiro atoms. The first-order valence-electron chi connectivity index (χ1n) is 2.68. The minimum atomic E-state index is -0.368. The maximum atomic E-state index is 10.4. The van der Waals surface area contributed by atoms with Crippen LogP contribution in [-0.4, -0.2) is 19.1 Å². The van der Waals surface area contributed by atoms with E-state index in [0.29, 0.717) is 0 Å². The Morgan fingerprint density at radius 2 is 2.33 bits per heavy atom. The van der Waals surface area contributed by atoms with Crippen LogP contribution in [0, 0.1) is 0 Å². The van der Waals surface area contributed by atoms with Crippen LogP contribution < -0.4 is 5.73 Å². The van der Waals surface area contributed by atoms with Gasteiger partial charge in [0.1, 0.15) is 0 Å². The highest BCUT2D eigenvalue weighted by molar-refractivity contribution is 5.81. The van der Waals surface area contributed by atoms with Crippen molar-refractivity contribution in [3.05, 3.63) is 12.2 Å². The smallest absolute Gasteiger partial charge is 0.330 e. The van der Waals surface area contributed by atoms with E-state index < -0.39 is 0 Å². The lowest BCUT2D eigenvalue weighted by molar-refractivity contribution is -0.134. The predicted molar refractivity (Wildman–Crippen MR) is 34.8 cm³/mol. The molecule has 0 heterocycles. The Bertz CT molecular complexity index is 118. The molecule has 0 saturated carbocycles. The molecule has 0 aliphatic heterocycles. The second-order valence-corrected chi connectivity index (χ2v) is 1.74. The van der Waals surface area contributed by atoms with Gasteiger partial charge in [0.15, 0.2) is 0 Å². The molecular formula is C6H11NO2. The first kappa shape index (κ1) is 8.17. The van der Waals surface area contributed by atoms with E-state index in [-0.39, 0.29) is 12.0 Å². The van der Waals surface area contributed by atoms with Crippen LogP contribution in [0.4, 0.5) is 0 Å². The summed E-state index contributed by atoms with van der Waals surface area (Å²) in [6.07, 6.45) is 2.89. The van der Waals surface area contributed by atoms with Gasteiger partial charge >= 0.3 is 5.97 Å². The van der Waals surface area contributed by atoms with Crippen molar-refractivity contribution in [1.29, 1.82) is 0 Å². The third-order valence-electron chi connectivity index (χ3n) is 0.737. The summed E-state index contributed by atoms with van der Waals surface area (Å²) in [6, 6.07) is -0.0934. The first-order valence-corrected chi connectivity index (χ1v) is 2.68. The fraction of sp³-hybridized carbons (Fsp3) is 0.500. The maximum Gasteiger partial charge on any atom is 0.330 e. The molecule has 2 N–H and O–H groups in total. The molecule has 0 aliphatic rings. The van der Waals surface area contributed by atoms with E-state index >= 15 is 0 Å². The second kappa shape index (κ2) is 4.09. The van der Waals surface area contributed by atoms with Gasteiger partial charge in [0, 0.05) is 12.1 Å². The van der Waals surface area contributed by atoms with Crippen molar-refractivity contribution in [2.45, 2.75) is 13.0 Å². The summed E-state index contributed by atoms with van der Waals surface area (Å²) in [4.78, 5) is 10.4. The lowest BCUT2D eigenvalue weighted by atomic mass is 10.3. The fourth-order valence-electron chi connectivity index (χ4n) is 0.298. The Kier molecular flexibility index (Phi) is 3.71. The van der Waals surface area contributed by atoms with Crippen LogP contribution in [0.1, 0.15) is 6.92 Å². The molecule has 1 atom stereocenters. The van der Waals surface area contributed by atoms with Crippen LogP contribution in [0.5, 0.6) is 0 Å². The van der Waals surface area contributed by atoms with Gasteiger partial charge in [-0.2, -0.15) is 0 Å². The third kappa shape index (κ3) is 5.03. The summed E-state index contributed by atoms with van der Waals surface area (Å²) in [5.74, 6) is -0.368. The fourth-order valence-corrected chi connectivity index (χ4v) is 0.298. The van der Waals surface area contributed by atoms with Crippen molar-refractivity contribution in [2.24, 2.45) is 5.73 Å². The number of esters is 1. The average Bonchev–Trinajstić information content (AvgIpc) is 1.83. The first-order chi connectivity index (χ1) is 4.16. The summed E-state index contributed by atoms with van der Waals surface area (Å²) in [5.41, 5.74) is 5.30. The van der Waals surface area contributed by atoms with Crippen molar-refractivity contribution in [3.8, 4) is 0 Å². The molecule has 0 amide bonds. The van der Waals surface area contributed by atoms with Crippen molar-refractivity contribution >= 4 is 5.97 Å². The molecule has 0 aromatic heterocycles. The van der Waals surface area contributed by atoms with Gasteiger partial charge in [0.2, 0.25) is 0 Å². The quantitative estimate of drug-likeness (QED) is 0.424. The lowest BCUT2D eigenvalue weighted by Crippen LogP contribution is -2.11. The van der Waals surface area contributed by atoms with E-state index in [1.165, 1.54) is 13.2 Å². The van der Waals surface area contributed by atoms with Gasteiger partial charge in [-0.25, -0.2) is 4.79 Å². The Hall–Kier alpha value is -0.830. The summed E-state index contributed by atoms with van der Waals surface area (Å²) >= 11 is 0. The molecule has 0 rings (SSSR count). The molecule has 0 saturated heterocycles. The van der Waals surface area contributed by atoms with Crippen LogP contribution in [0.25, 0.3) is 0 Å². The van der Waals surface area contributed by atoms with Gasteiger partial charge < -0.3 is 10.5 Å². The van der Waals surface area contributed by atoms with Gasteiger partial charge in [0.05, 0.1) is 7.11 Å². The van der Waals surface area contributed by atoms with Gasteiger partial charge in [-0.05, 0) is 6.92 Å². The number of ether oxygens (including phenoxy) is 1. The average molecular weight is 129 g/mol. The topological polar surface area (TPSA) is 52.3 Å². The Balaban J connectivity index is 3.57. The molecule has 0 radical (unpaired) electrons. The Morgan fingerprint density at radius 3 is 2.67 bits per heavy atom. The normalized spacial score (nSPS) is 13.7. The zero-order valence-corrected chi connectivity index (χ0v) is 5.63. The highest BCUT2D eigenvalue weighted by Crippen LogP contribution is 1.80. The summed E-state index contributed by atoms with van der Waals surface area (Å²) in [5, 5.41) is 0. The van der Waals surface area contributed by atoms with E-state index in [1.807, 2.05) is 0 Å². The zero-order valence-electron chi connectivity index (χ0n) is 5.63. The molecule has 0 aromatic rings. The minimum Gasteiger partial charge on any atom is -0.466 e. The Labute approximate surface area is 54.5 Å². The summed E-state index contributed by atoms with van der Waals surface area (Å²) in [7, 11) is 1.33. The molecular weight excluding hydrogens is 118 g/mol. The molecule has 9 heavy (non-hydrogen) atoms. The standard InChI is InChI=1S/C6H11NO2/c1-5(7)3-4-6(8)9-2/h3-5H,7H2,1-2H3/t5-/m1/s1. The predicted octanol–water partition coefficient (Wildman–Crippen LogP) is 0.0628. The van der Waals surface area contributed by atoms with Crippen LogP contribution in [-0.2, 0) is 9.53 Å². The number of carbonyl (C=O) groups excluding carboxylic acids is 1. The van der Waals surface area contributed by atoms with Crippen molar-refractivity contribution < 1.29 is 9.53 Å².